The van der Waals surface area contributed by atoms with E-state index >= 15 is 0 Å². The van der Waals surface area contributed by atoms with Crippen LogP contribution in [-0.4, -0.2) is 27.5 Å². The number of thiocarbonyl (C=S) groups is 1. The summed E-state index contributed by atoms with van der Waals surface area (Å²) in [5, 5.41) is 11.0. The van der Waals surface area contributed by atoms with E-state index in [0.29, 0.717) is 23.8 Å². The van der Waals surface area contributed by atoms with Crippen molar-refractivity contribution >= 4 is 34.7 Å². The first kappa shape index (κ1) is 19.6. The number of benzene rings is 2. The fourth-order valence-electron chi connectivity index (χ4n) is 2.67. The smallest absolute Gasteiger partial charge is 0.338 e. The lowest BCUT2D eigenvalue weighted by atomic mass is 10.1. The molecule has 3 aromatic rings. The normalized spacial score (nSPS) is 10.4. The first-order chi connectivity index (χ1) is 13.5. The Morgan fingerprint density at radius 1 is 1.11 bits per heavy atom. The van der Waals surface area contributed by atoms with Gasteiger partial charge < -0.3 is 15.4 Å². The molecule has 144 valence electrons. The summed E-state index contributed by atoms with van der Waals surface area (Å²) in [4.78, 5) is 11.7. The zero-order valence-electron chi connectivity index (χ0n) is 15.8. The average molecular weight is 395 g/mol. The topological polar surface area (TPSA) is 68.2 Å². The molecule has 1 heterocycles. The van der Waals surface area contributed by atoms with E-state index in [0.717, 1.165) is 11.4 Å². The van der Waals surface area contributed by atoms with E-state index in [1.165, 1.54) is 11.1 Å². The maximum Gasteiger partial charge on any atom is 0.338 e. The van der Waals surface area contributed by atoms with Crippen molar-refractivity contribution in [1.29, 1.82) is 0 Å². The van der Waals surface area contributed by atoms with Gasteiger partial charge >= 0.3 is 5.97 Å². The number of carbonyl (C=O) groups excluding carboxylic acids is 1. The van der Waals surface area contributed by atoms with Crippen LogP contribution in [0.5, 0.6) is 0 Å². The molecule has 28 heavy (non-hydrogen) atoms. The van der Waals surface area contributed by atoms with Gasteiger partial charge in [-0.1, -0.05) is 24.3 Å². The second-order valence-corrected chi connectivity index (χ2v) is 6.64. The largest absolute Gasteiger partial charge is 0.462 e. The van der Waals surface area contributed by atoms with Crippen molar-refractivity contribution in [3.63, 3.8) is 0 Å². The number of carbonyl (C=O) groups is 1. The third kappa shape index (κ3) is 5.17. The highest BCUT2D eigenvalue weighted by Gasteiger charge is 2.07. The molecule has 0 aliphatic heterocycles. The summed E-state index contributed by atoms with van der Waals surface area (Å²) in [5.41, 5.74) is 4.53. The Morgan fingerprint density at radius 2 is 1.82 bits per heavy atom. The van der Waals surface area contributed by atoms with Crippen LogP contribution in [0.15, 0.2) is 60.9 Å². The number of anilines is 2. The summed E-state index contributed by atoms with van der Waals surface area (Å²) in [7, 11) is 0. The van der Waals surface area contributed by atoms with Gasteiger partial charge in [0.15, 0.2) is 5.11 Å². The molecule has 0 unspecified atom stereocenters. The van der Waals surface area contributed by atoms with Crippen molar-refractivity contribution in [2.75, 3.05) is 17.2 Å². The van der Waals surface area contributed by atoms with E-state index in [4.69, 9.17) is 17.0 Å². The van der Waals surface area contributed by atoms with Gasteiger partial charge in [0.2, 0.25) is 0 Å². The summed E-state index contributed by atoms with van der Waals surface area (Å²) in [6.45, 7) is 4.92. The van der Waals surface area contributed by atoms with Crippen LogP contribution in [0.3, 0.4) is 0 Å². The van der Waals surface area contributed by atoms with Crippen LogP contribution >= 0.6 is 12.2 Å². The number of aromatic nitrogens is 2. The molecule has 0 fully saturated rings. The summed E-state index contributed by atoms with van der Waals surface area (Å²) < 4.78 is 6.84. The van der Waals surface area contributed by atoms with Gasteiger partial charge in [-0.2, -0.15) is 5.10 Å². The Labute approximate surface area is 169 Å². The number of nitrogens with zero attached hydrogens (tertiary/aromatic N) is 2. The Balaban J connectivity index is 1.56. The number of ether oxygens (including phenoxy) is 1. The standard InChI is InChI=1S/C21H22N4O2S/c1-3-27-20(26)16-8-10-18(11-9-16)23-21(28)24-19-12-22-25(14-19)13-17-7-5-4-6-15(17)2/h4-12,14H,3,13H2,1-2H3,(H2,23,24,28). The Kier molecular flexibility index (Phi) is 6.39. The van der Waals surface area contributed by atoms with E-state index in [2.05, 4.69) is 34.8 Å². The molecular formula is C21H22N4O2S. The van der Waals surface area contributed by atoms with Crippen LogP contribution in [-0.2, 0) is 11.3 Å². The van der Waals surface area contributed by atoms with Crippen molar-refractivity contribution < 1.29 is 9.53 Å². The van der Waals surface area contributed by atoms with E-state index < -0.39 is 0 Å². The van der Waals surface area contributed by atoms with Gasteiger partial charge in [-0.05, 0) is 61.5 Å². The van der Waals surface area contributed by atoms with Crippen molar-refractivity contribution in [2.24, 2.45) is 0 Å². The molecule has 0 aliphatic carbocycles. The number of hydrogen-bond donors (Lipinski definition) is 2. The first-order valence-electron chi connectivity index (χ1n) is 8.97. The van der Waals surface area contributed by atoms with Crippen LogP contribution in [0.1, 0.15) is 28.4 Å². The fraction of sp³-hybridized carbons (Fsp3) is 0.190. The number of rotatable bonds is 6. The summed E-state index contributed by atoms with van der Waals surface area (Å²) in [6.07, 6.45) is 3.64. The molecule has 0 bridgehead atoms. The van der Waals surface area contributed by atoms with Crippen LogP contribution in [0.25, 0.3) is 0 Å². The Morgan fingerprint density at radius 3 is 2.54 bits per heavy atom. The maximum atomic E-state index is 11.7. The predicted molar refractivity (Wildman–Crippen MR) is 115 cm³/mol. The predicted octanol–water partition coefficient (Wildman–Crippen LogP) is 4.23. The second kappa shape index (κ2) is 9.14. The van der Waals surface area contributed by atoms with Crippen LogP contribution in [0, 0.1) is 6.92 Å². The molecule has 3 rings (SSSR count). The monoisotopic (exact) mass is 394 g/mol. The van der Waals surface area contributed by atoms with E-state index in [1.807, 2.05) is 23.0 Å². The minimum atomic E-state index is -0.337. The lowest BCUT2D eigenvalue weighted by molar-refractivity contribution is 0.0526. The van der Waals surface area contributed by atoms with Crippen LogP contribution in [0.2, 0.25) is 0 Å². The third-order valence-electron chi connectivity index (χ3n) is 4.14. The molecule has 1 aromatic heterocycles. The molecule has 6 nitrogen and oxygen atoms in total. The highest BCUT2D eigenvalue weighted by molar-refractivity contribution is 7.80. The van der Waals surface area contributed by atoms with Gasteiger partial charge in [-0.3, -0.25) is 4.68 Å². The number of nitrogens with one attached hydrogen (secondary N) is 2. The van der Waals surface area contributed by atoms with Gasteiger partial charge in [-0.25, -0.2) is 4.79 Å². The zero-order valence-corrected chi connectivity index (χ0v) is 16.6. The molecule has 7 heteroatoms. The highest BCUT2D eigenvalue weighted by atomic mass is 32.1. The minimum Gasteiger partial charge on any atom is -0.462 e. The molecule has 0 saturated heterocycles. The molecule has 0 spiro atoms. The second-order valence-electron chi connectivity index (χ2n) is 6.23. The molecule has 2 N–H and O–H groups in total. The molecule has 0 radical (unpaired) electrons. The molecule has 0 aliphatic rings. The summed E-state index contributed by atoms with van der Waals surface area (Å²) >= 11 is 5.35. The van der Waals surface area contributed by atoms with Gasteiger partial charge in [0.1, 0.15) is 0 Å². The van der Waals surface area contributed by atoms with Gasteiger partial charge in [0, 0.05) is 11.9 Å². The van der Waals surface area contributed by atoms with E-state index in [-0.39, 0.29) is 5.97 Å². The summed E-state index contributed by atoms with van der Waals surface area (Å²) in [6, 6.07) is 15.2. The molecular weight excluding hydrogens is 372 g/mol. The maximum absolute atomic E-state index is 11.7. The zero-order chi connectivity index (χ0) is 19.9. The molecule has 0 saturated carbocycles. The van der Waals surface area contributed by atoms with Crippen molar-refractivity contribution in [2.45, 2.75) is 20.4 Å². The Hall–Kier alpha value is -3.19. The highest BCUT2D eigenvalue weighted by Crippen LogP contribution is 2.14. The summed E-state index contributed by atoms with van der Waals surface area (Å²) in [5.74, 6) is -0.337. The van der Waals surface area contributed by atoms with Crippen LogP contribution < -0.4 is 10.6 Å². The van der Waals surface area contributed by atoms with Gasteiger partial charge in [-0.15, -0.1) is 0 Å². The van der Waals surface area contributed by atoms with E-state index in [1.54, 1.807) is 37.4 Å². The lowest BCUT2D eigenvalue weighted by Crippen LogP contribution is -2.18. The van der Waals surface area contributed by atoms with E-state index in [9.17, 15) is 4.79 Å². The number of aryl methyl sites for hydroxylation is 1. The SMILES string of the molecule is CCOC(=O)c1ccc(NC(=S)Nc2cnn(Cc3ccccc3C)c2)cc1. The number of esters is 1. The average Bonchev–Trinajstić information content (AvgIpc) is 3.11. The quantitative estimate of drug-likeness (QED) is 0.482. The first-order valence-corrected chi connectivity index (χ1v) is 9.38. The molecule has 0 amide bonds. The van der Waals surface area contributed by atoms with Gasteiger partial charge in [0.05, 0.1) is 30.6 Å². The number of hydrogen-bond acceptors (Lipinski definition) is 4. The minimum absolute atomic E-state index is 0.337. The third-order valence-corrected chi connectivity index (χ3v) is 4.34. The molecule has 2 aromatic carbocycles. The van der Waals surface area contributed by atoms with Crippen molar-refractivity contribution in [1.82, 2.24) is 9.78 Å². The van der Waals surface area contributed by atoms with Gasteiger partial charge in [0.25, 0.3) is 0 Å². The van der Waals surface area contributed by atoms with Crippen molar-refractivity contribution in [3.8, 4) is 0 Å². The van der Waals surface area contributed by atoms with Crippen molar-refractivity contribution in [3.05, 3.63) is 77.6 Å². The fourth-order valence-corrected chi connectivity index (χ4v) is 2.91. The Bertz CT molecular complexity index is 967. The lowest BCUT2D eigenvalue weighted by Gasteiger charge is -2.09. The van der Waals surface area contributed by atoms with Crippen LogP contribution in [0.4, 0.5) is 11.4 Å². The molecule has 0 atom stereocenters.